The lowest BCUT2D eigenvalue weighted by Gasteiger charge is -2.03. The van der Waals surface area contributed by atoms with Gasteiger partial charge in [0.05, 0.1) is 39.6 Å². The van der Waals surface area contributed by atoms with Crippen LogP contribution in [0.2, 0.25) is 0 Å². The number of amides is 5. The highest BCUT2D eigenvalue weighted by Crippen LogP contribution is 2.23. The number of carbonyl (C=O) groups is 6. The van der Waals surface area contributed by atoms with Crippen molar-refractivity contribution in [1.29, 1.82) is 0 Å². The number of aromatic nitrogens is 6. The molecule has 6 heterocycles. The van der Waals surface area contributed by atoms with Crippen molar-refractivity contribution >= 4 is 63.8 Å². The third-order valence-electron chi connectivity index (χ3n) is 9.45. The van der Waals surface area contributed by atoms with Gasteiger partial charge in [-0.05, 0) is 36.8 Å². The molecule has 5 amide bonds. The molecule has 5 N–H and O–H groups in total. The summed E-state index contributed by atoms with van der Waals surface area (Å²) in [6.45, 7) is 2.48. The van der Waals surface area contributed by atoms with E-state index in [0.717, 1.165) is 12.5 Å². The molecule has 0 aromatic carbocycles. The Bertz CT molecular complexity index is 2680. The predicted octanol–water partition coefficient (Wildman–Crippen LogP) is 4.01. The average Bonchev–Trinajstić information content (AvgIpc) is 4.03. The number of nitrogens with zero attached hydrogens (tertiary/aromatic N) is 7. The minimum absolute atomic E-state index is 0.0566. The molecule has 6 aromatic heterocycles. The van der Waals surface area contributed by atoms with E-state index in [2.05, 4.69) is 26.6 Å². The molecule has 0 unspecified atom stereocenters. The molecule has 6 aromatic rings. The van der Waals surface area contributed by atoms with Crippen molar-refractivity contribution in [3.05, 3.63) is 123 Å². The fourth-order valence-electron chi connectivity index (χ4n) is 6.48. The highest BCUT2D eigenvalue weighted by Gasteiger charge is 2.24. The zero-order valence-electron chi connectivity index (χ0n) is 33.2. The van der Waals surface area contributed by atoms with Crippen LogP contribution in [0.3, 0.4) is 0 Å². The lowest BCUT2D eigenvalue weighted by Crippen LogP contribution is -2.25. The van der Waals surface area contributed by atoms with E-state index in [4.69, 9.17) is 0 Å². The van der Waals surface area contributed by atoms with Gasteiger partial charge in [-0.15, -0.1) is 0 Å². The predicted molar refractivity (Wildman–Crippen MR) is 217 cm³/mol. The third-order valence-corrected chi connectivity index (χ3v) is 9.45. The molecule has 0 bridgehead atoms. The van der Waals surface area contributed by atoms with E-state index in [1.807, 2.05) is 6.92 Å². The fraction of sp³-hybridized carbons (Fsp3) is 0.231. The number of carbonyl (C=O) groups excluding carboxylic acids is 6. The first-order valence-electron chi connectivity index (χ1n) is 18.1. The summed E-state index contributed by atoms with van der Waals surface area (Å²) in [5.41, 5.74) is 2.59. The van der Waals surface area contributed by atoms with Crippen molar-refractivity contribution in [2.24, 2.45) is 42.3 Å². The standard InChI is InChI=1S/C39H42N12O8/c1-8-9-40-35(53)30-12-24(18-47(30)4)43-38(56)32-13-25(19-48(32)5)42-36(54)29-10-22(16-45(29)2)34(52)28-11-23(17-46(28)3)41-37(55)31-14-26(20-49(31)6)44-39(57)33-15-27(51(58)59)21-50(33)7/h10-21H,8-9H2,1-7H3,(H,40,53)(H,41,55)(H,42,54)(H,43,56)(H,44,57). The Labute approximate surface area is 336 Å². The van der Waals surface area contributed by atoms with Gasteiger partial charge < -0.3 is 54.0 Å². The van der Waals surface area contributed by atoms with Crippen molar-refractivity contribution < 1.29 is 33.7 Å². The molecule has 59 heavy (non-hydrogen) atoms. The molecule has 0 spiro atoms. The van der Waals surface area contributed by atoms with Crippen LogP contribution in [0.15, 0.2) is 73.6 Å². The van der Waals surface area contributed by atoms with Crippen LogP contribution in [-0.4, -0.2) is 74.2 Å². The van der Waals surface area contributed by atoms with Crippen LogP contribution in [0.1, 0.15) is 81.8 Å². The van der Waals surface area contributed by atoms with Crippen molar-refractivity contribution in [2.45, 2.75) is 13.3 Å². The van der Waals surface area contributed by atoms with Crippen molar-refractivity contribution in [2.75, 3.05) is 27.8 Å². The van der Waals surface area contributed by atoms with E-state index in [0.29, 0.717) is 29.3 Å². The summed E-state index contributed by atoms with van der Waals surface area (Å²) < 4.78 is 9.02. The molecule has 0 aliphatic heterocycles. The summed E-state index contributed by atoms with van der Waals surface area (Å²) in [6.07, 6.45) is 9.79. The van der Waals surface area contributed by atoms with Gasteiger partial charge in [-0.25, -0.2) is 0 Å². The van der Waals surface area contributed by atoms with E-state index in [1.54, 1.807) is 69.0 Å². The van der Waals surface area contributed by atoms with Crippen LogP contribution in [0.4, 0.5) is 28.4 Å². The number of aryl methyl sites for hydroxylation is 6. The largest absolute Gasteiger partial charge is 0.351 e. The smallest absolute Gasteiger partial charge is 0.287 e. The number of anilines is 4. The van der Waals surface area contributed by atoms with Crippen molar-refractivity contribution in [1.82, 2.24) is 32.7 Å². The molecule has 0 saturated heterocycles. The SMILES string of the molecule is CCCNC(=O)c1cc(NC(=O)c2cc(NC(=O)c3cc(C(=O)c4cc(NC(=O)c5cc(NC(=O)c6cc([N+](=O)[O-])cn6C)cn5C)cn4C)cn3C)cn2C)cn1C. The van der Waals surface area contributed by atoms with E-state index in [9.17, 15) is 38.9 Å². The van der Waals surface area contributed by atoms with Crippen LogP contribution >= 0.6 is 0 Å². The topological polar surface area (TPSA) is 235 Å². The molecular weight excluding hydrogens is 765 g/mol. The van der Waals surface area contributed by atoms with Crippen molar-refractivity contribution in [3.63, 3.8) is 0 Å². The normalized spacial score (nSPS) is 11.0. The monoisotopic (exact) mass is 806 g/mol. The second-order valence-electron chi connectivity index (χ2n) is 14.0. The highest BCUT2D eigenvalue weighted by atomic mass is 16.6. The Morgan fingerprint density at radius 1 is 0.492 bits per heavy atom. The molecule has 0 radical (unpaired) electrons. The summed E-state index contributed by atoms with van der Waals surface area (Å²) >= 11 is 0. The number of hydrogen-bond acceptors (Lipinski definition) is 8. The summed E-state index contributed by atoms with van der Waals surface area (Å²) in [5, 5.41) is 24.9. The number of nitro groups is 1. The van der Waals surface area contributed by atoms with Crippen LogP contribution < -0.4 is 26.6 Å². The maximum Gasteiger partial charge on any atom is 0.287 e. The van der Waals surface area contributed by atoms with Gasteiger partial charge in [0.25, 0.3) is 35.2 Å². The first kappa shape index (κ1) is 40.8. The van der Waals surface area contributed by atoms with Gasteiger partial charge in [-0.2, -0.15) is 0 Å². The lowest BCUT2D eigenvalue weighted by atomic mass is 10.1. The van der Waals surface area contributed by atoms with Gasteiger partial charge in [-0.1, -0.05) is 6.92 Å². The molecule has 20 nitrogen and oxygen atoms in total. The molecule has 0 saturated carbocycles. The maximum absolute atomic E-state index is 13.7. The average molecular weight is 807 g/mol. The van der Waals surface area contributed by atoms with Crippen LogP contribution in [0, 0.1) is 10.1 Å². The number of hydrogen-bond donors (Lipinski definition) is 5. The molecule has 0 aliphatic carbocycles. The minimum Gasteiger partial charge on any atom is -0.351 e. The molecular formula is C39H42N12O8. The molecule has 6 rings (SSSR count). The van der Waals surface area contributed by atoms with E-state index in [-0.39, 0.29) is 51.3 Å². The highest BCUT2D eigenvalue weighted by molar-refractivity contribution is 6.13. The van der Waals surface area contributed by atoms with Crippen LogP contribution in [0.25, 0.3) is 0 Å². The summed E-state index contributed by atoms with van der Waals surface area (Å²) in [4.78, 5) is 89.2. The van der Waals surface area contributed by atoms with Crippen LogP contribution in [0.5, 0.6) is 0 Å². The molecule has 0 fully saturated rings. The lowest BCUT2D eigenvalue weighted by molar-refractivity contribution is -0.384. The van der Waals surface area contributed by atoms with Gasteiger partial charge in [0.2, 0.25) is 5.78 Å². The molecule has 0 atom stereocenters. The Balaban J connectivity index is 1.08. The zero-order valence-corrected chi connectivity index (χ0v) is 33.2. The zero-order chi connectivity index (χ0) is 42.9. The van der Waals surface area contributed by atoms with Gasteiger partial charge >= 0.3 is 0 Å². The summed E-state index contributed by atoms with van der Waals surface area (Å²) in [7, 11) is 9.71. The Morgan fingerprint density at radius 3 is 1.24 bits per heavy atom. The molecule has 20 heteroatoms. The first-order chi connectivity index (χ1) is 27.9. The maximum atomic E-state index is 13.7. The van der Waals surface area contributed by atoms with E-state index < -0.39 is 34.3 Å². The van der Waals surface area contributed by atoms with Crippen molar-refractivity contribution in [3.8, 4) is 0 Å². The van der Waals surface area contributed by atoms with E-state index in [1.165, 1.54) is 68.2 Å². The van der Waals surface area contributed by atoms with Gasteiger partial charge in [0.15, 0.2) is 0 Å². The van der Waals surface area contributed by atoms with Gasteiger partial charge in [0, 0.05) is 91.4 Å². The summed E-state index contributed by atoms with van der Waals surface area (Å²) in [6, 6.07) is 8.61. The first-order valence-corrected chi connectivity index (χ1v) is 18.1. The second kappa shape index (κ2) is 16.3. The fourth-order valence-corrected chi connectivity index (χ4v) is 6.48. The number of ketones is 1. The Morgan fingerprint density at radius 2 is 0.831 bits per heavy atom. The van der Waals surface area contributed by atoms with E-state index >= 15 is 0 Å². The Kier molecular flexibility index (Phi) is 11.3. The Hall–Kier alpha value is -7.90. The molecule has 0 aliphatic rings. The third kappa shape index (κ3) is 8.60. The summed E-state index contributed by atoms with van der Waals surface area (Å²) in [5.74, 6) is -2.80. The quantitative estimate of drug-likeness (QED) is 0.0612. The second-order valence-corrected chi connectivity index (χ2v) is 14.0. The van der Waals surface area contributed by atoms with Gasteiger partial charge in [-0.3, -0.25) is 38.9 Å². The number of nitrogens with one attached hydrogen (secondary N) is 5. The van der Waals surface area contributed by atoms with Crippen LogP contribution in [-0.2, 0) is 42.3 Å². The van der Waals surface area contributed by atoms with Gasteiger partial charge in [0.1, 0.15) is 28.5 Å². The number of rotatable bonds is 14. The minimum atomic E-state index is -0.602. The molecule has 306 valence electrons.